The van der Waals surface area contributed by atoms with Crippen LogP contribution in [0.4, 0.5) is 0 Å². The predicted molar refractivity (Wildman–Crippen MR) is 73.8 cm³/mol. The minimum absolute atomic E-state index is 0.0329. The molecular weight excluding hydrogens is 248 g/mol. The highest BCUT2D eigenvalue weighted by Gasteiger charge is 2.44. The quantitative estimate of drug-likeness (QED) is 0.670. The van der Waals surface area contributed by atoms with Crippen molar-refractivity contribution in [2.45, 2.75) is 64.5 Å². The van der Waals surface area contributed by atoms with E-state index in [0.717, 1.165) is 38.9 Å². The molecule has 1 fully saturated rings. The van der Waals surface area contributed by atoms with E-state index in [-0.39, 0.29) is 6.10 Å². The van der Waals surface area contributed by atoms with Crippen LogP contribution in [0.3, 0.4) is 0 Å². The van der Waals surface area contributed by atoms with Crippen LogP contribution >= 0.6 is 0 Å². The Labute approximate surface area is 112 Å². The Morgan fingerprint density at radius 1 is 1.22 bits per heavy atom. The molecule has 1 aliphatic heterocycles. The van der Waals surface area contributed by atoms with E-state index in [1.807, 2.05) is 0 Å². The molecule has 0 aliphatic carbocycles. The van der Waals surface area contributed by atoms with Crippen molar-refractivity contribution in [2.75, 3.05) is 20.3 Å². The molecule has 0 amide bonds. The highest BCUT2D eigenvalue weighted by Crippen LogP contribution is 2.33. The van der Waals surface area contributed by atoms with Gasteiger partial charge in [0.05, 0.1) is 13.2 Å². The van der Waals surface area contributed by atoms with Crippen molar-refractivity contribution in [3.8, 4) is 0 Å². The summed E-state index contributed by atoms with van der Waals surface area (Å²) in [4.78, 5) is 0. The fourth-order valence-electron chi connectivity index (χ4n) is 2.23. The van der Waals surface area contributed by atoms with E-state index in [4.69, 9.17) is 18.3 Å². The maximum atomic E-state index is 6.23. The van der Waals surface area contributed by atoms with Crippen LogP contribution in [0, 0.1) is 0 Å². The maximum absolute atomic E-state index is 6.23. The molecule has 1 saturated heterocycles. The van der Waals surface area contributed by atoms with Gasteiger partial charge >= 0.3 is 8.56 Å². The molecule has 0 aromatic rings. The molecule has 0 aromatic heterocycles. The molecular formula is C13H28O4Si. The fourth-order valence-corrected chi connectivity index (χ4v) is 3.31. The van der Waals surface area contributed by atoms with Gasteiger partial charge in [-0.1, -0.05) is 20.3 Å². The Bertz CT molecular complexity index is 239. The van der Waals surface area contributed by atoms with Gasteiger partial charge < -0.3 is 18.3 Å². The highest BCUT2D eigenvalue weighted by atomic mass is 28.4. The van der Waals surface area contributed by atoms with E-state index in [0.29, 0.717) is 0 Å². The molecule has 1 rings (SSSR count). The van der Waals surface area contributed by atoms with Crippen LogP contribution in [0.5, 0.6) is 0 Å². The molecule has 0 spiro atoms. The second-order valence-corrected chi connectivity index (χ2v) is 8.66. The summed E-state index contributed by atoms with van der Waals surface area (Å²) < 4.78 is 23.6. The fraction of sp³-hybridized carbons (Fsp3) is 1.00. The highest BCUT2D eigenvalue weighted by molar-refractivity contribution is 6.64. The van der Waals surface area contributed by atoms with Crippen molar-refractivity contribution < 1.29 is 18.3 Å². The molecule has 0 N–H and O–H groups in total. The molecule has 0 bridgehead atoms. The molecule has 1 atom stereocenters. The lowest BCUT2D eigenvalue weighted by molar-refractivity contribution is -0.307. The first kappa shape index (κ1) is 16.1. The van der Waals surface area contributed by atoms with Gasteiger partial charge in [-0.25, -0.2) is 0 Å². The van der Waals surface area contributed by atoms with Gasteiger partial charge in [-0.3, -0.25) is 0 Å². The van der Waals surface area contributed by atoms with E-state index < -0.39 is 14.3 Å². The molecule has 0 saturated carbocycles. The SMILES string of the molecule is CCCC(O[Si](C)(C)OC)C1(CC)OCCCO1. The Morgan fingerprint density at radius 3 is 2.28 bits per heavy atom. The second kappa shape index (κ2) is 7.00. The topological polar surface area (TPSA) is 36.9 Å². The van der Waals surface area contributed by atoms with Crippen LogP contribution in [-0.4, -0.2) is 40.8 Å². The minimum atomic E-state index is -2.08. The summed E-state index contributed by atoms with van der Waals surface area (Å²) in [5.74, 6) is -0.572. The number of hydrogen-bond acceptors (Lipinski definition) is 4. The number of rotatable bonds is 7. The molecule has 1 heterocycles. The van der Waals surface area contributed by atoms with Gasteiger partial charge in [0, 0.05) is 13.5 Å². The van der Waals surface area contributed by atoms with Gasteiger partial charge in [-0.15, -0.1) is 0 Å². The molecule has 1 unspecified atom stereocenters. The molecule has 0 aromatic carbocycles. The minimum Gasteiger partial charge on any atom is -0.398 e. The summed E-state index contributed by atoms with van der Waals surface area (Å²) in [6, 6.07) is 0. The second-order valence-electron chi connectivity index (χ2n) is 5.21. The Morgan fingerprint density at radius 2 is 1.83 bits per heavy atom. The normalized spacial score (nSPS) is 21.8. The lowest BCUT2D eigenvalue weighted by atomic mass is 10.0. The Balaban J connectivity index is 2.80. The first-order valence-electron chi connectivity index (χ1n) is 7.00. The third-order valence-corrected chi connectivity index (χ3v) is 5.27. The van der Waals surface area contributed by atoms with Crippen LogP contribution in [0.2, 0.25) is 13.1 Å². The predicted octanol–water partition coefficient (Wildman–Crippen LogP) is 3.06. The van der Waals surface area contributed by atoms with Crippen molar-refractivity contribution in [2.24, 2.45) is 0 Å². The monoisotopic (exact) mass is 276 g/mol. The van der Waals surface area contributed by atoms with E-state index in [9.17, 15) is 0 Å². The van der Waals surface area contributed by atoms with Crippen LogP contribution < -0.4 is 0 Å². The van der Waals surface area contributed by atoms with Gasteiger partial charge in [-0.05, 0) is 25.9 Å². The summed E-state index contributed by atoms with van der Waals surface area (Å²) in [7, 11) is -0.366. The van der Waals surface area contributed by atoms with Crippen LogP contribution in [-0.2, 0) is 18.3 Å². The lowest BCUT2D eigenvalue weighted by Crippen LogP contribution is -2.55. The first-order chi connectivity index (χ1) is 8.49. The number of ether oxygens (including phenoxy) is 2. The Kier molecular flexibility index (Phi) is 6.27. The van der Waals surface area contributed by atoms with Gasteiger partial charge in [0.25, 0.3) is 0 Å². The smallest absolute Gasteiger partial charge is 0.331 e. The Hall–Kier alpha value is 0.0569. The molecule has 5 heteroatoms. The maximum Gasteiger partial charge on any atom is 0.331 e. The summed E-state index contributed by atoms with van der Waals surface area (Å²) >= 11 is 0. The zero-order valence-electron chi connectivity index (χ0n) is 12.5. The summed E-state index contributed by atoms with van der Waals surface area (Å²) in [5, 5.41) is 0. The van der Waals surface area contributed by atoms with E-state index in [2.05, 4.69) is 26.9 Å². The van der Waals surface area contributed by atoms with Gasteiger partial charge in [0.1, 0.15) is 6.10 Å². The van der Waals surface area contributed by atoms with Crippen molar-refractivity contribution in [3.05, 3.63) is 0 Å². The van der Waals surface area contributed by atoms with E-state index in [1.54, 1.807) is 7.11 Å². The standard InChI is InChI=1S/C13H28O4Si/c1-6-9-12(17-18(4,5)14-3)13(7-2)15-10-8-11-16-13/h12H,6-11H2,1-5H3. The third kappa shape index (κ3) is 4.03. The zero-order valence-corrected chi connectivity index (χ0v) is 13.5. The van der Waals surface area contributed by atoms with Crippen LogP contribution in [0.15, 0.2) is 0 Å². The first-order valence-corrected chi connectivity index (χ1v) is 9.82. The molecule has 108 valence electrons. The van der Waals surface area contributed by atoms with Crippen molar-refractivity contribution >= 4 is 8.56 Å². The van der Waals surface area contributed by atoms with Crippen molar-refractivity contribution in [3.63, 3.8) is 0 Å². The van der Waals surface area contributed by atoms with Gasteiger partial charge in [0.2, 0.25) is 0 Å². The van der Waals surface area contributed by atoms with E-state index >= 15 is 0 Å². The average Bonchev–Trinajstić information content (AvgIpc) is 2.39. The third-order valence-electron chi connectivity index (χ3n) is 3.43. The van der Waals surface area contributed by atoms with Gasteiger partial charge in [-0.2, -0.15) is 0 Å². The number of hydrogen-bond donors (Lipinski definition) is 0. The summed E-state index contributed by atoms with van der Waals surface area (Å²) in [5.41, 5.74) is 0. The van der Waals surface area contributed by atoms with Crippen molar-refractivity contribution in [1.29, 1.82) is 0 Å². The molecule has 4 nitrogen and oxygen atoms in total. The van der Waals surface area contributed by atoms with E-state index in [1.165, 1.54) is 0 Å². The largest absolute Gasteiger partial charge is 0.398 e. The van der Waals surface area contributed by atoms with Gasteiger partial charge in [0.15, 0.2) is 5.79 Å². The van der Waals surface area contributed by atoms with Crippen LogP contribution in [0.1, 0.15) is 39.5 Å². The summed E-state index contributed by atoms with van der Waals surface area (Å²) in [6.07, 6.45) is 3.73. The lowest BCUT2D eigenvalue weighted by Gasteiger charge is -2.44. The molecule has 0 radical (unpaired) electrons. The average molecular weight is 276 g/mol. The van der Waals surface area contributed by atoms with Crippen molar-refractivity contribution in [1.82, 2.24) is 0 Å². The van der Waals surface area contributed by atoms with Crippen LogP contribution in [0.25, 0.3) is 0 Å². The molecule has 18 heavy (non-hydrogen) atoms. The molecule has 1 aliphatic rings. The summed E-state index contributed by atoms with van der Waals surface area (Å²) in [6.45, 7) is 9.88. The zero-order chi connectivity index (χ0) is 13.6.